The summed E-state index contributed by atoms with van der Waals surface area (Å²) in [6.45, 7) is 2.47. The Bertz CT molecular complexity index is 1470. The van der Waals surface area contributed by atoms with Crippen LogP contribution in [0.1, 0.15) is 22.4 Å². The lowest BCUT2D eigenvalue weighted by atomic mass is 9.99. The molecule has 0 saturated heterocycles. The first-order valence-electron chi connectivity index (χ1n) is 12.1. The van der Waals surface area contributed by atoms with Crippen LogP contribution in [0.4, 0.5) is 5.95 Å². The van der Waals surface area contributed by atoms with E-state index in [2.05, 4.69) is 33.0 Å². The molecule has 37 heavy (non-hydrogen) atoms. The fourth-order valence-corrected chi connectivity index (χ4v) is 5.53. The zero-order valence-electron chi connectivity index (χ0n) is 20.3. The molecule has 0 amide bonds. The second-order valence-corrected chi connectivity index (χ2v) is 11.5. The molecule has 0 atom stereocenters. The Morgan fingerprint density at radius 3 is 2.19 bits per heavy atom. The van der Waals surface area contributed by atoms with E-state index in [1.54, 1.807) is 0 Å². The summed E-state index contributed by atoms with van der Waals surface area (Å²) >= 11 is 3.50. The van der Waals surface area contributed by atoms with Gasteiger partial charge in [-0.1, -0.05) is 88.7 Å². The quantitative estimate of drug-likeness (QED) is 0.327. The lowest BCUT2D eigenvalue weighted by molar-refractivity contribution is 0.243. The van der Waals surface area contributed by atoms with Crippen LogP contribution < -0.4 is 9.44 Å². The monoisotopic (exact) mass is 577 g/mol. The van der Waals surface area contributed by atoms with Gasteiger partial charge >= 0.3 is 10.2 Å². The number of halogens is 1. The zero-order valence-corrected chi connectivity index (χ0v) is 22.7. The molecule has 2 heterocycles. The Morgan fingerprint density at radius 1 is 0.892 bits per heavy atom. The number of nitrogens with two attached hydrogens (primary N) is 1. The van der Waals surface area contributed by atoms with Crippen molar-refractivity contribution in [3.63, 3.8) is 0 Å². The van der Waals surface area contributed by atoms with Gasteiger partial charge in [-0.2, -0.15) is 8.42 Å². The Morgan fingerprint density at radius 2 is 1.54 bits per heavy atom. The molecule has 2 N–H and O–H groups in total. The van der Waals surface area contributed by atoms with Crippen molar-refractivity contribution in [3.05, 3.63) is 112 Å². The molecule has 3 aromatic carbocycles. The number of hydrogen-bond donors (Lipinski definition) is 1. The molecule has 0 fully saturated rings. The highest BCUT2D eigenvalue weighted by atomic mass is 79.9. The highest BCUT2D eigenvalue weighted by molar-refractivity contribution is 9.10. The number of nitrogens with zero attached hydrogens (tertiary/aromatic N) is 4. The first-order chi connectivity index (χ1) is 17.9. The molecule has 0 spiro atoms. The minimum Gasteiger partial charge on any atom is -0.294 e. The first kappa shape index (κ1) is 25.5. The van der Waals surface area contributed by atoms with Gasteiger partial charge < -0.3 is 0 Å². The number of hydrogen-bond acceptors (Lipinski definition) is 5. The van der Waals surface area contributed by atoms with Crippen molar-refractivity contribution in [1.29, 1.82) is 0 Å². The van der Waals surface area contributed by atoms with E-state index in [0.717, 1.165) is 49.9 Å². The van der Waals surface area contributed by atoms with Crippen LogP contribution >= 0.6 is 15.9 Å². The van der Waals surface area contributed by atoms with Crippen LogP contribution in [0, 0.1) is 0 Å². The van der Waals surface area contributed by atoms with Crippen molar-refractivity contribution >= 4 is 32.1 Å². The lowest BCUT2D eigenvalue weighted by Crippen LogP contribution is -2.40. The maximum Gasteiger partial charge on any atom is 0.301 e. The molecule has 9 heteroatoms. The van der Waals surface area contributed by atoms with E-state index in [0.29, 0.717) is 19.4 Å². The SMILES string of the molecule is NS(=O)(=O)N(CCc1ccccc1)c1nc2c(c(-c3ccc(Br)cc3)n1)CN(Cc1ccccc1)CC2. The van der Waals surface area contributed by atoms with Crippen LogP contribution in [-0.2, 0) is 36.1 Å². The summed E-state index contributed by atoms with van der Waals surface area (Å²) in [5, 5.41) is 5.67. The van der Waals surface area contributed by atoms with Gasteiger partial charge in [0.15, 0.2) is 0 Å². The third-order valence-corrected chi connectivity index (χ3v) is 7.96. The molecule has 0 radical (unpaired) electrons. The van der Waals surface area contributed by atoms with Crippen LogP contribution in [0.25, 0.3) is 11.3 Å². The van der Waals surface area contributed by atoms with Crippen molar-refractivity contribution in [3.8, 4) is 11.3 Å². The maximum absolute atomic E-state index is 12.7. The molecule has 0 unspecified atom stereocenters. The minimum absolute atomic E-state index is 0.117. The van der Waals surface area contributed by atoms with E-state index in [-0.39, 0.29) is 12.5 Å². The fourth-order valence-electron chi connectivity index (χ4n) is 4.61. The summed E-state index contributed by atoms with van der Waals surface area (Å²) in [4.78, 5) is 11.9. The topological polar surface area (TPSA) is 92.4 Å². The average Bonchev–Trinajstić information content (AvgIpc) is 2.89. The molecule has 0 saturated carbocycles. The van der Waals surface area contributed by atoms with Crippen molar-refractivity contribution in [2.24, 2.45) is 5.14 Å². The number of anilines is 1. The summed E-state index contributed by atoms with van der Waals surface area (Å²) in [6.07, 6.45) is 1.19. The van der Waals surface area contributed by atoms with Crippen LogP contribution in [0.15, 0.2) is 89.4 Å². The van der Waals surface area contributed by atoms with Gasteiger partial charge in [0, 0.05) is 48.2 Å². The Labute approximate surface area is 226 Å². The van der Waals surface area contributed by atoms with Gasteiger partial charge in [0.2, 0.25) is 5.95 Å². The third-order valence-electron chi connectivity index (χ3n) is 6.47. The van der Waals surface area contributed by atoms with Gasteiger partial charge in [0.25, 0.3) is 0 Å². The highest BCUT2D eigenvalue weighted by Gasteiger charge is 2.28. The van der Waals surface area contributed by atoms with Crippen molar-refractivity contribution in [1.82, 2.24) is 14.9 Å². The van der Waals surface area contributed by atoms with Gasteiger partial charge in [-0.3, -0.25) is 4.90 Å². The van der Waals surface area contributed by atoms with E-state index in [1.165, 1.54) is 5.56 Å². The van der Waals surface area contributed by atoms with Gasteiger partial charge in [0.1, 0.15) is 0 Å². The summed E-state index contributed by atoms with van der Waals surface area (Å²) in [6, 6.07) is 28.0. The largest absolute Gasteiger partial charge is 0.301 e. The Balaban J connectivity index is 1.52. The maximum atomic E-state index is 12.7. The molecular weight excluding hydrogens is 550 g/mol. The van der Waals surface area contributed by atoms with Crippen molar-refractivity contribution in [2.45, 2.75) is 25.9 Å². The zero-order chi connectivity index (χ0) is 25.8. The normalized spacial score (nSPS) is 13.8. The molecular formula is C28H28BrN5O2S. The van der Waals surface area contributed by atoms with Crippen LogP contribution in [-0.4, -0.2) is 36.4 Å². The summed E-state index contributed by atoms with van der Waals surface area (Å²) in [5.74, 6) is 0.117. The lowest BCUT2D eigenvalue weighted by Gasteiger charge is -2.31. The minimum atomic E-state index is -4.08. The fraction of sp³-hybridized carbons (Fsp3) is 0.214. The first-order valence-corrected chi connectivity index (χ1v) is 14.4. The smallest absolute Gasteiger partial charge is 0.294 e. The van der Waals surface area contributed by atoms with E-state index in [9.17, 15) is 8.42 Å². The third kappa shape index (κ3) is 6.24. The van der Waals surface area contributed by atoms with Crippen molar-refractivity contribution < 1.29 is 8.42 Å². The number of rotatable bonds is 8. The van der Waals surface area contributed by atoms with E-state index in [1.807, 2.05) is 72.8 Å². The van der Waals surface area contributed by atoms with E-state index in [4.69, 9.17) is 15.1 Å². The second-order valence-electron chi connectivity index (χ2n) is 9.10. The molecule has 1 aliphatic heterocycles. The number of fused-ring (bicyclic) bond motifs is 1. The van der Waals surface area contributed by atoms with E-state index >= 15 is 0 Å². The standard InChI is InChI=1S/C28H28BrN5O2S/c29-24-13-11-23(12-14-24)27-25-20-33(19-22-9-5-2-6-10-22)17-16-26(25)31-28(32-27)34(37(30,35)36)18-15-21-7-3-1-4-8-21/h1-14H,15-20H2,(H2,30,35,36). The summed E-state index contributed by atoms with van der Waals surface area (Å²) in [5.41, 5.74) is 5.78. The van der Waals surface area contributed by atoms with E-state index < -0.39 is 10.2 Å². The predicted octanol–water partition coefficient (Wildman–Crippen LogP) is 4.72. The van der Waals surface area contributed by atoms with Gasteiger partial charge in [-0.25, -0.2) is 19.4 Å². The Hall–Kier alpha value is -3.11. The molecule has 0 bridgehead atoms. The van der Waals surface area contributed by atoms with Gasteiger partial charge in [0.05, 0.1) is 11.4 Å². The Kier molecular flexibility index (Phi) is 7.66. The number of benzene rings is 3. The predicted molar refractivity (Wildman–Crippen MR) is 150 cm³/mol. The number of aromatic nitrogens is 2. The summed E-state index contributed by atoms with van der Waals surface area (Å²) < 4.78 is 27.4. The molecule has 1 aromatic heterocycles. The second kappa shape index (κ2) is 11.1. The van der Waals surface area contributed by atoms with Gasteiger partial charge in [-0.05, 0) is 29.7 Å². The molecule has 190 valence electrons. The molecule has 1 aliphatic rings. The highest BCUT2D eigenvalue weighted by Crippen LogP contribution is 2.32. The van der Waals surface area contributed by atoms with Crippen LogP contribution in [0.3, 0.4) is 0 Å². The van der Waals surface area contributed by atoms with Crippen LogP contribution in [0.2, 0.25) is 0 Å². The molecule has 0 aliphatic carbocycles. The van der Waals surface area contributed by atoms with Crippen molar-refractivity contribution in [2.75, 3.05) is 17.4 Å². The molecule has 7 nitrogen and oxygen atoms in total. The molecule has 4 aromatic rings. The summed E-state index contributed by atoms with van der Waals surface area (Å²) in [7, 11) is -4.08. The molecule has 5 rings (SSSR count). The van der Waals surface area contributed by atoms with Crippen LogP contribution in [0.5, 0.6) is 0 Å². The van der Waals surface area contributed by atoms with Gasteiger partial charge in [-0.15, -0.1) is 0 Å². The average molecular weight is 579 g/mol.